The highest BCUT2D eigenvalue weighted by Crippen LogP contribution is 2.24. The second-order valence-corrected chi connectivity index (χ2v) is 5.74. The molecule has 2 heterocycles. The van der Waals surface area contributed by atoms with Crippen LogP contribution >= 0.6 is 0 Å². The molecule has 1 aromatic heterocycles. The van der Waals surface area contributed by atoms with Gasteiger partial charge >= 0.3 is 0 Å². The minimum atomic E-state index is -0.103. The second kappa shape index (κ2) is 5.54. The van der Waals surface area contributed by atoms with Crippen LogP contribution in [0.4, 0.5) is 4.39 Å². The minimum Gasteiger partial charge on any atom is -0.348 e. The number of halogens is 1. The van der Waals surface area contributed by atoms with Crippen LogP contribution in [0.25, 0.3) is 10.9 Å². The molecule has 1 aliphatic heterocycles. The van der Waals surface area contributed by atoms with Gasteiger partial charge in [-0.15, -0.1) is 0 Å². The van der Waals surface area contributed by atoms with Crippen molar-refractivity contribution in [1.29, 1.82) is 0 Å². The maximum Gasteiger partial charge on any atom is 0.147 e. The van der Waals surface area contributed by atoms with E-state index in [4.69, 9.17) is 0 Å². The minimum absolute atomic E-state index is 0.103. The van der Waals surface area contributed by atoms with Gasteiger partial charge in [-0.3, -0.25) is 0 Å². The third kappa shape index (κ3) is 2.58. The number of fused-ring (bicyclic) bond motifs is 1. The predicted octanol–water partition coefficient (Wildman–Crippen LogP) is 2.07. The molecular weight excluding hydrogens is 253 g/mol. The maximum atomic E-state index is 14.2. The van der Waals surface area contributed by atoms with E-state index in [0.717, 1.165) is 55.7 Å². The van der Waals surface area contributed by atoms with Crippen molar-refractivity contribution < 1.29 is 4.39 Å². The number of piperazine rings is 1. The van der Waals surface area contributed by atoms with Crippen molar-refractivity contribution in [2.45, 2.75) is 13.3 Å². The van der Waals surface area contributed by atoms with Gasteiger partial charge in [-0.25, -0.2) is 4.39 Å². The zero-order valence-electron chi connectivity index (χ0n) is 12.2. The van der Waals surface area contributed by atoms with Gasteiger partial charge in [-0.2, -0.15) is 0 Å². The van der Waals surface area contributed by atoms with Crippen molar-refractivity contribution in [1.82, 2.24) is 14.8 Å². The largest absolute Gasteiger partial charge is 0.348 e. The Morgan fingerprint density at radius 3 is 2.75 bits per heavy atom. The quantitative estimate of drug-likeness (QED) is 0.925. The summed E-state index contributed by atoms with van der Waals surface area (Å²) in [6.07, 6.45) is 2.91. The van der Waals surface area contributed by atoms with E-state index in [1.807, 2.05) is 24.7 Å². The summed E-state index contributed by atoms with van der Waals surface area (Å²) in [7, 11) is 1.90. The summed E-state index contributed by atoms with van der Waals surface area (Å²) < 4.78 is 16.1. The van der Waals surface area contributed by atoms with E-state index in [9.17, 15) is 4.39 Å². The molecule has 3 nitrogen and oxygen atoms in total. The molecule has 0 saturated carbocycles. The number of rotatable bonds is 3. The van der Waals surface area contributed by atoms with Crippen LogP contribution < -0.4 is 5.32 Å². The van der Waals surface area contributed by atoms with Crippen molar-refractivity contribution in [3.63, 3.8) is 0 Å². The van der Waals surface area contributed by atoms with E-state index >= 15 is 0 Å². The SMILES string of the molecule is Cc1cn(C)c2c(F)cc(CCN3CCNCC3)cc12. The normalized spacial score (nSPS) is 16.9. The standard InChI is InChI=1S/C16H22FN3/c1-12-11-19(2)16-14(12)9-13(10-15(16)17)3-6-20-7-4-18-5-8-20/h9-11,18H,3-8H2,1-2H3. The molecule has 0 radical (unpaired) electrons. The molecule has 1 saturated heterocycles. The van der Waals surface area contributed by atoms with Gasteiger partial charge in [0.1, 0.15) is 5.82 Å². The summed E-state index contributed by atoms with van der Waals surface area (Å²) in [5.74, 6) is -0.103. The molecule has 0 aliphatic carbocycles. The van der Waals surface area contributed by atoms with Gasteiger partial charge in [0.05, 0.1) is 5.52 Å². The van der Waals surface area contributed by atoms with E-state index < -0.39 is 0 Å². The predicted molar refractivity (Wildman–Crippen MR) is 80.6 cm³/mol. The zero-order valence-corrected chi connectivity index (χ0v) is 12.2. The smallest absolute Gasteiger partial charge is 0.147 e. The molecular formula is C16H22FN3. The van der Waals surface area contributed by atoms with Crippen LogP contribution in [0.15, 0.2) is 18.3 Å². The lowest BCUT2D eigenvalue weighted by molar-refractivity contribution is 0.244. The molecule has 0 amide bonds. The van der Waals surface area contributed by atoms with Crippen LogP contribution in [-0.2, 0) is 13.5 Å². The molecule has 0 unspecified atom stereocenters. The van der Waals surface area contributed by atoms with Crippen molar-refractivity contribution in [3.05, 3.63) is 35.3 Å². The molecule has 1 aromatic carbocycles. The molecule has 1 N–H and O–H groups in total. The molecule has 3 rings (SSSR count). The van der Waals surface area contributed by atoms with E-state index in [2.05, 4.69) is 16.3 Å². The maximum absolute atomic E-state index is 14.2. The lowest BCUT2D eigenvalue weighted by atomic mass is 10.1. The van der Waals surface area contributed by atoms with Crippen LogP contribution in [0.5, 0.6) is 0 Å². The highest BCUT2D eigenvalue weighted by Gasteiger charge is 2.12. The van der Waals surface area contributed by atoms with Crippen LogP contribution in [0, 0.1) is 12.7 Å². The molecule has 1 aliphatic rings. The first-order chi connectivity index (χ1) is 9.65. The second-order valence-electron chi connectivity index (χ2n) is 5.74. The number of aryl methyl sites for hydroxylation is 2. The first kappa shape index (κ1) is 13.6. The van der Waals surface area contributed by atoms with Crippen molar-refractivity contribution in [3.8, 4) is 0 Å². The van der Waals surface area contributed by atoms with Gasteiger partial charge in [-0.05, 0) is 36.6 Å². The summed E-state index contributed by atoms with van der Waals surface area (Å²) in [6, 6.07) is 3.85. The number of nitrogens with zero attached hydrogens (tertiary/aromatic N) is 2. The van der Waals surface area contributed by atoms with E-state index in [1.54, 1.807) is 6.07 Å². The van der Waals surface area contributed by atoms with Gasteiger partial charge in [0.2, 0.25) is 0 Å². The molecule has 4 heteroatoms. The lowest BCUT2D eigenvalue weighted by Crippen LogP contribution is -2.44. The molecule has 108 valence electrons. The van der Waals surface area contributed by atoms with E-state index in [0.29, 0.717) is 5.52 Å². The summed E-state index contributed by atoms with van der Waals surface area (Å²) >= 11 is 0. The lowest BCUT2D eigenvalue weighted by Gasteiger charge is -2.27. The summed E-state index contributed by atoms with van der Waals surface area (Å²) in [4.78, 5) is 2.44. The Morgan fingerprint density at radius 2 is 2.00 bits per heavy atom. The molecule has 1 fully saturated rings. The Morgan fingerprint density at radius 1 is 1.25 bits per heavy atom. The van der Waals surface area contributed by atoms with Crippen LogP contribution in [-0.4, -0.2) is 42.2 Å². The topological polar surface area (TPSA) is 20.2 Å². The first-order valence-corrected chi connectivity index (χ1v) is 7.32. The monoisotopic (exact) mass is 275 g/mol. The fourth-order valence-corrected chi connectivity index (χ4v) is 3.11. The Hall–Kier alpha value is -1.39. The number of benzene rings is 1. The number of hydrogen-bond acceptors (Lipinski definition) is 2. The average molecular weight is 275 g/mol. The number of aromatic nitrogens is 1. The summed E-state index contributed by atoms with van der Waals surface area (Å²) in [5, 5.41) is 4.40. The first-order valence-electron chi connectivity index (χ1n) is 7.32. The Balaban J connectivity index is 1.79. The van der Waals surface area contributed by atoms with Crippen molar-refractivity contribution >= 4 is 10.9 Å². The summed E-state index contributed by atoms with van der Waals surface area (Å²) in [5.41, 5.74) is 2.96. The Kier molecular flexibility index (Phi) is 3.76. The van der Waals surface area contributed by atoms with Gasteiger partial charge in [0, 0.05) is 51.4 Å². The fraction of sp³-hybridized carbons (Fsp3) is 0.500. The number of nitrogens with one attached hydrogen (secondary N) is 1. The Labute approximate surface area is 119 Å². The fourth-order valence-electron chi connectivity index (χ4n) is 3.11. The van der Waals surface area contributed by atoms with Gasteiger partial charge in [0.15, 0.2) is 0 Å². The van der Waals surface area contributed by atoms with E-state index in [-0.39, 0.29) is 5.82 Å². The molecule has 20 heavy (non-hydrogen) atoms. The third-order valence-electron chi connectivity index (χ3n) is 4.21. The van der Waals surface area contributed by atoms with E-state index in [1.165, 1.54) is 0 Å². The molecule has 2 aromatic rings. The number of hydrogen-bond donors (Lipinski definition) is 1. The van der Waals surface area contributed by atoms with Crippen LogP contribution in [0.1, 0.15) is 11.1 Å². The molecule has 0 spiro atoms. The van der Waals surface area contributed by atoms with Crippen LogP contribution in [0.2, 0.25) is 0 Å². The van der Waals surface area contributed by atoms with Crippen LogP contribution in [0.3, 0.4) is 0 Å². The molecule has 0 atom stereocenters. The van der Waals surface area contributed by atoms with Gasteiger partial charge in [0.25, 0.3) is 0 Å². The zero-order chi connectivity index (χ0) is 14.1. The van der Waals surface area contributed by atoms with Crippen molar-refractivity contribution in [2.24, 2.45) is 7.05 Å². The van der Waals surface area contributed by atoms with Crippen molar-refractivity contribution in [2.75, 3.05) is 32.7 Å². The highest BCUT2D eigenvalue weighted by molar-refractivity contribution is 5.85. The van der Waals surface area contributed by atoms with Gasteiger partial charge in [-0.1, -0.05) is 0 Å². The third-order valence-corrected chi connectivity index (χ3v) is 4.21. The molecule has 0 bridgehead atoms. The average Bonchev–Trinajstić information content (AvgIpc) is 2.73. The highest BCUT2D eigenvalue weighted by atomic mass is 19.1. The Bertz CT molecular complexity index is 612. The summed E-state index contributed by atoms with van der Waals surface area (Å²) in [6.45, 7) is 7.36. The van der Waals surface area contributed by atoms with Gasteiger partial charge < -0.3 is 14.8 Å².